The molecule has 0 N–H and O–H groups in total. The van der Waals surface area contributed by atoms with Crippen LogP contribution in [0, 0.1) is 0 Å². The predicted molar refractivity (Wildman–Crippen MR) is 32.1 cm³/mol. The normalized spacial score (nSPS) is 8.33. The van der Waals surface area contributed by atoms with Crippen LogP contribution in [0.15, 0.2) is 0 Å². The van der Waals surface area contributed by atoms with E-state index < -0.39 is 0 Å². The zero-order chi connectivity index (χ0) is 4.99. The highest BCUT2D eigenvalue weighted by atomic mass is 32.2. The van der Waals surface area contributed by atoms with E-state index in [1.807, 2.05) is 0 Å². The molecule has 0 spiro atoms. The maximum Gasteiger partial charge on any atom is 0.186 e. The van der Waals surface area contributed by atoms with Gasteiger partial charge in [-0.05, 0) is 0 Å². The highest BCUT2D eigenvalue weighted by Crippen LogP contribution is 2.00. The molecular formula is C3H6OS2. The molecule has 0 radical (unpaired) electrons. The van der Waals surface area contributed by atoms with Crippen LogP contribution in [0.25, 0.3) is 0 Å². The zero-order valence-electron chi connectivity index (χ0n) is 3.47. The lowest BCUT2D eigenvalue weighted by molar-refractivity contribution is -0.109. The first kappa shape index (κ1) is 6.37. The monoisotopic (exact) mass is 122 g/mol. The van der Waals surface area contributed by atoms with Crippen molar-refractivity contribution < 1.29 is 4.79 Å². The molecule has 0 aliphatic carbocycles. The van der Waals surface area contributed by atoms with Crippen molar-refractivity contribution >= 4 is 29.5 Å². The molecule has 0 unspecified atom stereocenters. The summed E-state index contributed by atoms with van der Waals surface area (Å²) in [5.41, 5.74) is 0. The minimum Gasteiger partial charge on any atom is -0.288 e. The molecule has 3 heteroatoms. The number of carbonyl (C=O) groups is 1. The van der Waals surface area contributed by atoms with Crippen molar-refractivity contribution in [2.45, 2.75) is 6.92 Å². The molecule has 1 nitrogen and oxygen atoms in total. The first-order chi connectivity index (χ1) is 2.77. The van der Waals surface area contributed by atoms with Crippen LogP contribution in [0.1, 0.15) is 6.92 Å². The zero-order valence-corrected chi connectivity index (χ0v) is 5.18. The van der Waals surface area contributed by atoms with Crippen LogP contribution in [-0.4, -0.2) is 10.2 Å². The Morgan fingerprint density at radius 2 is 2.50 bits per heavy atom. The van der Waals surface area contributed by atoms with Gasteiger partial charge in [0.1, 0.15) is 0 Å². The summed E-state index contributed by atoms with van der Waals surface area (Å²) in [6.45, 7) is 1.53. The van der Waals surface area contributed by atoms with Gasteiger partial charge in [-0.1, -0.05) is 11.8 Å². The third-order valence-electron chi connectivity index (χ3n) is 0.268. The van der Waals surface area contributed by atoms with Gasteiger partial charge in [-0.15, -0.1) is 0 Å². The van der Waals surface area contributed by atoms with Gasteiger partial charge in [-0.3, -0.25) is 4.79 Å². The number of thioether (sulfide) groups is 1. The number of rotatable bonds is 1. The van der Waals surface area contributed by atoms with Gasteiger partial charge in [-0.25, -0.2) is 0 Å². The third kappa shape index (κ3) is 4.37. The van der Waals surface area contributed by atoms with Crippen molar-refractivity contribution in [2.75, 3.05) is 5.08 Å². The molecule has 36 valence electrons. The highest BCUT2D eigenvalue weighted by Gasteiger charge is 1.84. The number of thiol groups is 1. The molecule has 0 heterocycles. The molecule has 0 fully saturated rings. The lowest BCUT2D eigenvalue weighted by Crippen LogP contribution is -1.76. The molecule has 0 saturated carbocycles. The average Bonchev–Trinajstić information content (AvgIpc) is 1.35. The van der Waals surface area contributed by atoms with Crippen molar-refractivity contribution in [3.8, 4) is 0 Å². The van der Waals surface area contributed by atoms with E-state index in [4.69, 9.17) is 0 Å². The Hall–Kier alpha value is 0.370. The minimum atomic E-state index is 0.130. The van der Waals surface area contributed by atoms with E-state index in [2.05, 4.69) is 12.6 Å². The van der Waals surface area contributed by atoms with Crippen molar-refractivity contribution in [1.82, 2.24) is 0 Å². The van der Waals surface area contributed by atoms with E-state index in [1.54, 1.807) is 0 Å². The van der Waals surface area contributed by atoms with E-state index in [0.717, 1.165) is 0 Å². The van der Waals surface area contributed by atoms with Crippen LogP contribution in [-0.2, 0) is 4.79 Å². The van der Waals surface area contributed by atoms with Crippen LogP contribution < -0.4 is 0 Å². The Kier molecular flexibility index (Phi) is 3.78. The molecule has 0 saturated heterocycles. The molecule has 0 amide bonds. The fourth-order valence-electron chi connectivity index (χ4n) is 0.0909. The standard InChI is InChI=1S/C3H6OS2/c1-3(4)6-2-5/h5H,2H2,1H3. The van der Waals surface area contributed by atoms with Crippen molar-refractivity contribution in [3.63, 3.8) is 0 Å². The van der Waals surface area contributed by atoms with E-state index in [-0.39, 0.29) is 5.12 Å². The molecule has 0 aromatic carbocycles. The number of hydrogen-bond acceptors (Lipinski definition) is 3. The molecule has 0 aliphatic heterocycles. The SMILES string of the molecule is CC(=O)SCS. The Labute approximate surface area is 46.9 Å². The van der Waals surface area contributed by atoms with E-state index >= 15 is 0 Å². The summed E-state index contributed by atoms with van der Waals surface area (Å²) < 4.78 is 0. The summed E-state index contributed by atoms with van der Waals surface area (Å²) in [6.07, 6.45) is 0. The van der Waals surface area contributed by atoms with Gasteiger partial charge in [-0.2, -0.15) is 12.6 Å². The summed E-state index contributed by atoms with van der Waals surface area (Å²) in [5.74, 6) is 0. The van der Waals surface area contributed by atoms with Crippen LogP contribution in [0.4, 0.5) is 0 Å². The van der Waals surface area contributed by atoms with Crippen molar-refractivity contribution in [3.05, 3.63) is 0 Å². The van der Waals surface area contributed by atoms with Crippen molar-refractivity contribution in [2.24, 2.45) is 0 Å². The molecular weight excluding hydrogens is 116 g/mol. The van der Waals surface area contributed by atoms with E-state index in [0.29, 0.717) is 5.08 Å². The summed E-state index contributed by atoms with van der Waals surface area (Å²) in [7, 11) is 0. The second kappa shape index (κ2) is 3.56. The third-order valence-corrected chi connectivity index (χ3v) is 1.19. The van der Waals surface area contributed by atoms with E-state index in [9.17, 15) is 4.79 Å². The summed E-state index contributed by atoms with van der Waals surface area (Å²) in [6, 6.07) is 0. The Balaban J connectivity index is 2.83. The predicted octanol–water partition coefficient (Wildman–Crippen LogP) is 1.15. The Morgan fingerprint density at radius 1 is 2.00 bits per heavy atom. The molecule has 0 atom stereocenters. The topological polar surface area (TPSA) is 17.1 Å². The van der Waals surface area contributed by atoms with Gasteiger partial charge >= 0.3 is 0 Å². The molecule has 6 heavy (non-hydrogen) atoms. The van der Waals surface area contributed by atoms with Crippen molar-refractivity contribution in [1.29, 1.82) is 0 Å². The summed E-state index contributed by atoms with van der Waals surface area (Å²) in [5, 5.41) is 0.722. The van der Waals surface area contributed by atoms with Gasteiger partial charge in [0.15, 0.2) is 5.12 Å². The number of carbonyl (C=O) groups excluding carboxylic acids is 1. The maximum atomic E-state index is 9.96. The molecule has 0 aliphatic rings. The van der Waals surface area contributed by atoms with Crippen LogP contribution in [0.3, 0.4) is 0 Å². The molecule has 0 aromatic heterocycles. The first-order valence-electron chi connectivity index (χ1n) is 1.51. The second-order valence-corrected chi connectivity index (χ2v) is 2.66. The van der Waals surface area contributed by atoms with Crippen LogP contribution in [0.5, 0.6) is 0 Å². The van der Waals surface area contributed by atoms with Gasteiger partial charge < -0.3 is 0 Å². The van der Waals surface area contributed by atoms with Crippen LogP contribution in [0.2, 0.25) is 0 Å². The second-order valence-electron chi connectivity index (χ2n) is 0.765. The lowest BCUT2D eigenvalue weighted by Gasteiger charge is -1.80. The fraction of sp³-hybridized carbons (Fsp3) is 0.667. The van der Waals surface area contributed by atoms with Gasteiger partial charge in [0.05, 0.1) is 0 Å². The fourth-order valence-corrected chi connectivity index (χ4v) is 0.818. The largest absolute Gasteiger partial charge is 0.288 e. The highest BCUT2D eigenvalue weighted by molar-refractivity contribution is 8.20. The minimum absolute atomic E-state index is 0.130. The lowest BCUT2D eigenvalue weighted by atomic mass is 10.9. The average molecular weight is 122 g/mol. The van der Waals surface area contributed by atoms with Gasteiger partial charge in [0, 0.05) is 12.0 Å². The summed E-state index contributed by atoms with van der Waals surface area (Å²) in [4.78, 5) is 9.96. The van der Waals surface area contributed by atoms with E-state index in [1.165, 1.54) is 18.7 Å². The molecule has 0 rings (SSSR count). The number of hydrogen-bond donors (Lipinski definition) is 1. The Bertz CT molecular complexity index is 52.8. The molecule has 0 bridgehead atoms. The smallest absolute Gasteiger partial charge is 0.186 e. The molecule has 0 aromatic rings. The first-order valence-corrected chi connectivity index (χ1v) is 3.13. The van der Waals surface area contributed by atoms with Crippen LogP contribution >= 0.6 is 24.4 Å². The quantitative estimate of drug-likeness (QED) is 0.415. The maximum absolute atomic E-state index is 9.96. The summed E-state index contributed by atoms with van der Waals surface area (Å²) >= 11 is 5.01. The Morgan fingerprint density at radius 3 is 2.50 bits per heavy atom. The van der Waals surface area contributed by atoms with Gasteiger partial charge in [0.2, 0.25) is 0 Å². The van der Waals surface area contributed by atoms with Gasteiger partial charge in [0.25, 0.3) is 0 Å².